The minimum atomic E-state index is -0.970. The zero-order valence-electron chi connectivity index (χ0n) is 21.8. The lowest BCUT2D eigenvalue weighted by molar-refractivity contribution is 0.122. The first-order chi connectivity index (χ1) is 17.9. The Morgan fingerprint density at radius 1 is 1.08 bits per heavy atom. The summed E-state index contributed by atoms with van der Waals surface area (Å²) in [5.74, 6) is -0.392. The molecule has 2 aliphatic rings. The summed E-state index contributed by atoms with van der Waals surface area (Å²) in [7, 11) is 2.75. The molecule has 0 amide bonds. The van der Waals surface area contributed by atoms with Crippen molar-refractivity contribution in [2.75, 3.05) is 31.2 Å². The first-order valence-electron chi connectivity index (χ1n) is 12.7. The van der Waals surface area contributed by atoms with E-state index in [9.17, 15) is 5.11 Å². The van der Waals surface area contributed by atoms with Gasteiger partial charge in [-0.1, -0.05) is 19.9 Å². The molecule has 1 N–H and O–H groups in total. The number of hydrogen-bond acceptors (Lipinski definition) is 6. The summed E-state index contributed by atoms with van der Waals surface area (Å²) < 4.78 is 20.8. The van der Waals surface area contributed by atoms with Gasteiger partial charge in [-0.25, -0.2) is 14.4 Å². The molecule has 2 atom stereocenters. The molecule has 3 heterocycles. The van der Waals surface area contributed by atoms with Crippen LogP contribution < -0.4 is 10.2 Å². The van der Waals surface area contributed by atoms with Crippen molar-refractivity contribution in [3.05, 3.63) is 71.0 Å². The fourth-order valence-electron chi connectivity index (χ4n) is 4.68. The second kappa shape index (κ2) is 12.0. The van der Waals surface area contributed by atoms with Gasteiger partial charge in [0.15, 0.2) is 0 Å². The number of anilines is 1. The number of allylic oxidation sites excluding steroid dienone is 3. The number of morpholine rings is 1. The Hall–Kier alpha value is -2.99. The van der Waals surface area contributed by atoms with Gasteiger partial charge in [0.25, 0.3) is 0 Å². The molecule has 2 unspecified atom stereocenters. The van der Waals surface area contributed by atoms with E-state index in [4.69, 9.17) is 4.74 Å². The number of aliphatic hydroxyl groups excluding tert-OH is 1. The molecule has 0 radical (unpaired) electrons. The van der Waals surface area contributed by atoms with E-state index in [2.05, 4.69) is 35.2 Å². The predicted octanol–water partition coefficient (Wildman–Crippen LogP) is 5.45. The number of hydrogen-bond donors (Lipinski definition) is 1. The highest BCUT2D eigenvalue weighted by molar-refractivity contribution is 7.28. The average Bonchev–Trinajstić information content (AvgIpc) is 3.14. The SMILES string of the molecule is CC.CC1=C(C(O)c2cc(-c3ncnc4cc(N5CCOCC5)cc(P)c34)c(F)cc2C)N=CC=CC1. The van der Waals surface area contributed by atoms with Crippen LogP contribution in [0.4, 0.5) is 10.1 Å². The van der Waals surface area contributed by atoms with Gasteiger partial charge in [-0.15, -0.1) is 9.24 Å². The number of aromatic nitrogens is 2. The minimum absolute atomic E-state index is 0.328. The fraction of sp³-hybridized carbons (Fsp3) is 0.345. The van der Waals surface area contributed by atoms with Crippen LogP contribution in [0.5, 0.6) is 0 Å². The Balaban J connectivity index is 0.00000156. The third-order valence-electron chi connectivity index (χ3n) is 6.59. The quantitative estimate of drug-likeness (QED) is 0.464. The molecule has 8 heteroatoms. The third-order valence-corrected chi connectivity index (χ3v) is 7.05. The number of aryl methyl sites for hydroxylation is 1. The van der Waals surface area contributed by atoms with Crippen molar-refractivity contribution in [2.24, 2.45) is 4.99 Å². The Labute approximate surface area is 220 Å². The minimum Gasteiger partial charge on any atom is -0.382 e. The summed E-state index contributed by atoms with van der Waals surface area (Å²) in [6, 6.07) is 7.24. The maximum absolute atomic E-state index is 15.4. The number of ether oxygens (including phenoxy) is 1. The number of halogens is 1. The van der Waals surface area contributed by atoms with E-state index < -0.39 is 11.9 Å². The summed E-state index contributed by atoms with van der Waals surface area (Å²) in [6.07, 6.45) is 6.75. The van der Waals surface area contributed by atoms with E-state index in [0.717, 1.165) is 40.6 Å². The molecule has 6 nitrogen and oxygen atoms in total. The standard InChI is InChI=1S/C27H28FN4O2P.C2H6/c1-16-5-3-4-6-29-25(16)27(33)19-14-20(21(28)11-17(19)2)26-24-22(30-15-31-26)12-18(13-23(24)35)32-7-9-34-10-8-32;1-2/h3-4,6,11-15,27,33H,5,7-10,35H2,1-2H3;1-2H3. The molecule has 2 aliphatic heterocycles. The van der Waals surface area contributed by atoms with Crippen LogP contribution in [0.15, 0.2) is 59.0 Å². The molecule has 37 heavy (non-hydrogen) atoms. The second-order valence-corrected chi connectivity index (χ2v) is 9.54. The van der Waals surface area contributed by atoms with E-state index >= 15 is 4.39 Å². The van der Waals surface area contributed by atoms with E-state index in [1.165, 1.54) is 12.4 Å². The molecule has 5 rings (SSSR count). The van der Waals surface area contributed by atoms with Crippen LogP contribution in [-0.4, -0.2) is 47.6 Å². The normalized spacial score (nSPS) is 16.5. The summed E-state index contributed by atoms with van der Waals surface area (Å²) in [5.41, 5.74) is 5.45. The van der Waals surface area contributed by atoms with Gasteiger partial charge in [-0.3, -0.25) is 4.99 Å². The van der Waals surface area contributed by atoms with Crippen molar-refractivity contribution in [1.82, 2.24) is 9.97 Å². The predicted molar refractivity (Wildman–Crippen MR) is 153 cm³/mol. The highest BCUT2D eigenvalue weighted by Gasteiger charge is 2.23. The molecule has 2 aromatic carbocycles. The van der Waals surface area contributed by atoms with Crippen LogP contribution in [-0.2, 0) is 4.74 Å². The fourth-order valence-corrected chi connectivity index (χ4v) is 5.13. The molecule has 3 aromatic rings. The van der Waals surface area contributed by atoms with Crippen molar-refractivity contribution in [3.8, 4) is 11.3 Å². The van der Waals surface area contributed by atoms with E-state index in [-0.39, 0.29) is 0 Å². The lowest BCUT2D eigenvalue weighted by Gasteiger charge is -2.29. The van der Waals surface area contributed by atoms with Gasteiger partial charge in [0.05, 0.1) is 30.1 Å². The molecule has 0 bridgehead atoms. The smallest absolute Gasteiger partial charge is 0.132 e. The zero-order chi connectivity index (χ0) is 26.5. The van der Waals surface area contributed by atoms with E-state index in [0.29, 0.717) is 47.7 Å². The van der Waals surface area contributed by atoms with Gasteiger partial charge in [-0.05, 0) is 72.6 Å². The molecule has 1 saturated heterocycles. The van der Waals surface area contributed by atoms with E-state index in [1.54, 1.807) is 19.2 Å². The summed E-state index contributed by atoms with van der Waals surface area (Å²) in [5, 5.41) is 12.9. The van der Waals surface area contributed by atoms with Crippen LogP contribution >= 0.6 is 9.24 Å². The molecule has 0 spiro atoms. The summed E-state index contributed by atoms with van der Waals surface area (Å²) in [4.78, 5) is 15.7. The maximum atomic E-state index is 15.4. The second-order valence-electron chi connectivity index (χ2n) is 8.92. The Morgan fingerprint density at radius 3 is 2.59 bits per heavy atom. The van der Waals surface area contributed by atoms with Gasteiger partial charge >= 0.3 is 0 Å². The Morgan fingerprint density at radius 2 is 1.84 bits per heavy atom. The number of aliphatic hydroxyl groups is 1. The van der Waals surface area contributed by atoms with Crippen molar-refractivity contribution in [1.29, 1.82) is 0 Å². The summed E-state index contributed by atoms with van der Waals surface area (Å²) in [6.45, 7) is 10.8. The van der Waals surface area contributed by atoms with Crippen LogP contribution in [0.3, 0.4) is 0 Å². The highest BCUT2D eigenvalue weighted by Crippen LogP contribution is 2.36. The zero-order valence-corrected chi connectivity index (χ0v) is 23.0. The van der Waals surface area contributed by atoms with Crippen LogP contribution in [0.25, 0.3) is 22.2 Å². The largest absolute Gasteiger partial charge is 0.382 e. The molecular weight excluding hydrogens is 486 g/mol. The van der Waals surface area contributed by atoms with E-state index in [1.807, 2.05) is 39.0 Å². The molecular formula is C29H34FN4O2P. The van der Waals surface area contributed by atoms with Gasteiger partial charge in [0.1, 0.15) is 18.2 Å². The monoisotopic (exact) mass is 520 g/mol. The van der Waals surface area contributed by atoms with Gasteiger partial charge in [-0.2, -0.15) is 0 Å². The molecule has 0 aliphatic carbocycles. The third kappa shape index (κ3) is 5.64. The molecule has 194 valence electrons. The Kier molecular flexibility index (Phi) is 8.80. The molecule has 1 aromatic heterocycles. The number of benzene rings is 2. The molecule has 1 fully saturated rings. The van der Waals surface area contributed by atoms with Crippen molar-refractivity contribution in [2.45, 2.75) is 40.2 Å². The molecule has 0 saturated carbocycles. The highest BCUT2D eigenvalue weighted by atomic mass is 31.0. The van der Waals surface area contributed by atoms with Gasteiger partial charge in [0, 0.05) is 35.9 Å². The van der Waals surface area contributed by atoms with Gasteiger partial charge in [0.2, 0.25) is 0 Å². The topological polar surface area (TPSA) is 70.8 Å². The lowest BCUT2D eigenvalue weighted by Crippen LogP contribution is -2.36. The maximum Gasteiger partial charge on any atom is 0.132 e. The number of nitrogens with zero attached hydrogens (tertiary/aromatic N) is 4. The van der Waals surface area contributed by atoms with Crippen molar-refractivity contribution < 1.29 is 14.2 Å². The van der Waals surface area contributed by atoms with Crippen molar-refractivity contribution >= 4 is 37.3 Å². The van der Waals surface area contributed by atoms with Crippen molar-refractivity contribution in [3.63, 3.8) is 0 Å². The first kappa shape index (κ1) is 27.1. The Bertz CT molecular complexity index is 1380. The van der Waals surface area contributed by atoms with Crippen LogP contribution in [0, 0.1) is 12.7 Å². The van der Waals surface area contributed by atoms with Crippen LogP contribution in [0.2, 0.25) is 0 Å². The van der Waals surface area contributed by atoms with Crippen LogP contribution in [0.1, 0.15) is 44.4 Å². The number of aliphatic imine (C=N–C) groups is 1. The lowest BCUT2D eigenvalue weighted by atomic mass is 9.94. The average molecular weight is 521 g/mol. The summed E-state index contributed by atoms with van der Waals surface area (Å²) >= 11 is 0. The first-order valence-corrected chi connectivity index (χ1v) is 13.3. The number of fused-ring (bicyclic) bond motifs is 1. The number of rotatable bonds is 4. The van der Waals surface area contributed by atoms with Gasteiger partial charge < -0.3 is 14.7 Å².